The van der Waals surface area contributed by atoms with Crippen LogP contribution in [0, 0.1) is 6.92 Å². The number of ketones is 1. The van der Waals surface area contributed by atoms with Crippen LogP contribution in [0.3, 0.4) is 0 Å². The van der Waals surface area contributed by atoms with Crippen molar-refractivity contribution in [3.05, 3.63) is 65.2 Å². The van der Waals surface area contributed by atoms with E-state index in [4.69, 9.17) is 0 Å². The van der Waals surface area contributed by atoms with Gasteiger partial charge in [0.25, 0.3) is 20.3 Å². The first-order valence-electron chi connectivity index (χ1n) is 8.10. The highest BCUT2D eigenvalue weighted by molar-refractivity contribution is 7.94. The molecule has 0 saturated carbocycles. The second-order valence-corrected chi connectivity index (χ2v) is 8.72. The number of nitrogens with zero attached hydrogens (tertiary/aromatic N) is 2. The van der Waals surface area contributed by atoms with Gasteiger partial charge in [0.05, 0.1) is 0 Å². The van der Waals surface area contributed by atoms with Gasteiger partial charge in [-0.2, -0.15) is 8.42 Å². The van der Waals surface area contributed by atoms with E-state index in [-0.39, 0.29) is 20.9 Å². The van der Waals surface area contributed by atoms with Crippen LogP contribution in [0.1, 0.15) is 33.2 Å². The van der Waals surface area contributed by atoms with Crippen molar-refractivity contribution < 1.29 is 18.0 Å². The van der Waals surface area contributed by atoms with Crippen molar-refractivity contribution >= 4 is 43.9 Å². The highest BCUT2D eigenvalue weighted by Crippen LogP contribution is 2.24. The van der Waals surface area contributed by atoms with Crippen LogP contribution >= 0.6 is 11.3 Å². The van der Waals surface area contributed by atoms with Gasteiger partial charge >= 0.3 is 0 Å². The molecule has 8 nitrogen and oxygen atoms in total. The third-order valence-corrected chi connectivity index (χ3v) is 6.36. The van der Waals surface area contributed by atoms with E-state index in [2.05, 4.69) is 20.2 Å². The third-order valence-electron chi connectivity index (χ3n) is 3.77. The van der Waals surface area contributed by atoms with E-state index in [1.54, 1.807) is 37.3 Å². The molecule has 0 bridgehead atoms. The lowest BCUT2D eigenvalue weighted by Crippen LogP contribution is -2.13. The molecule has 1 amide bonds. The maximum Gasteiger partial charge on any atom is 0.291 e. The number of aryl methyl sites for hydroxylation is 1. The van der Waals surface area contributed by atoms with Gasteiger partial charge in [0.2, 0.25) is 5.13 Å². The first kappa shape index (κ1) is 19.6. The number of aromatic nitrogens is 2. The highest BCUT2D eigenvalue weighted by atomic mass is 32.2. The standard InChI is InChI=1S/C18H16N4O4S2/c1-11-6-3-4-9-15(11)16(24)19-17-20-21-18(27-17)28(25,26)22-14-8-5-7-13(10-14)12(2)23/h3-10,22H,1-2H3,(H,19,20,24). The van der Waals surface area contributed by atoms with Crippen molar-refractivity contribution in [2.24, 2.45) is 0 Å². The Labute approximate surface area is 165 Å². The molecule has 3 rings (SSSR count). The molecule has 1 heterocycles. The van der Waals surface area contributed by atoms with Gasteiger partial charge in [-0.05, 0) is 37.6 Å². The Kier molecular flexibility index (Phi) is 5.52. The molecule has 1 aromatic heterocycles. The van der Waals surface area contributed by atoms with Crippen LogP contribution in [-0.2, 0) is 10.0 Å². The van der Waals surface area contributed by atoms with Crippen molar-refractivity contribution in [2.45, 2.75) is 18.2 Å². The molecule has 10 heteroatoms. The molecular weight excluding hydrogens is 400 g/mol. The van der Waals surface area contributed by atoms with Crippen molar-refractivity contribution in [1.29, 1.82) is 0 Å². The zero-order valence-corrected chi connectivity index (χ0v) is 16.6. The largest absolute Gasteiger partial charge is 0.296 e. The molecule has 0 atom stereocenters. The van der Waals surface area contributed by atoms with E-state index < -0.39 is 15.9 Å². The Morgan fingerprint density at radius 3 is 2.50 bits per heavy atom. The lowest BCUT2D eigenvalue weighted by Gasteiger charge is -2.06. The summed E-state index contributed by atoms with van der Waals surface area (Å²) in [5.74, 6) is -0.585. The molecule has 2 N–H and O–H groups in total. The van der Waals surface area contributed by atoms with E-state index >= 15 is 0 Å². The fourth-order valence-corrected chi connectivity index (χ4v) is 4.31. The third kappa shape index (κ3) is 4.41. The average molecular weight is 416 g/mol. The number of amides is 1. The molecule has 0 aliphatic heterocycles. The number of anilines is 2. The Balaban J connectivity index is 1.77. The highest BCUT2D eigenvalue weighted by Gasteiger charge is 2.22. The predicted molar refractivity (Wildman–Crippen MR) is 106 cm³/mol. The van der Waals surface area contributed by atoms with Crippen LogP contribution < -0.4 is 10.0 Å². The minimum atomic E-state index is -4.01. The zero-order chi connectivity index (χ0) is 20.3. The van der Waals surface area contributed by atoms with E-state index in [1.165, 1.54) is 19.1 Å². The fraction of sp³-hybridized carbons (Fsp3) is 0.111. The minimum Gasteiger partial charge on any atom is -0.296 e. The van der Waals surface area contributed by atoms with Gasteiger partial charge in [-0.25, -0.2) is 0 Å². The Hall–Kier alpha value is -3.11. The number of carbonyl (C=O) groups excluding carboxylic acids is 2. The van der Waals surface area contributed by atoms with Gasteiger partial charge < -0.3 is 0 Å². The molecular formula is C18H16N4O4S2. The number of carbonyl (C=O) groups is 2. The summed E-state index contributed by atoms with van der Waals surface area (Å²) in [5.41, 5.74) is 1.85. The quantitative estimate of drug-likeness (QED) is 0.471. The predicted octanol–water partition coefficient (Wildman–Crippen LogP) is 3.10. The van der Waals surface area contributed by atoms with Gasteiger partial charge in [0.15, 0.2) is 5.78 Å². The number of sulfonamides is 1. The number of nitrogens with one attached hydrogen (secondary N) is 2. The molecule has 0 aliphatic carbocycles. The van der Waals surface area contributed by atoms with Crippen LogP contribution in [0.5, 0.6) is 0 Å². The SMILES string of the molecule is CC(=O)c1cccc(NS(=O)(=O)c2nnc(NC(=O)c3ccccc3C)s2)c1. The lowest BCUT2D eigenvalue weighted by molar-refractivity contribution is 0.101. The summed E-state index contributed by atoms with van der Waals surface area (Å²) in [4.78, 5) is 23.8. The molecule has 0 saturated heterocycles. The maximum atomic E-state index is 12.5. The van der Waals surface area contributed by atoms with Crippen molar-refractivity contribution in [3.63, 3.8) is 0 Å². The second kappa shape index (κ2) is 7.87. The number of benzene rings is 2. The molecule has 2 aromatic carbocycles. The summed E-state index contributed by atoms with van der Waals surface area (Å²) >= 11 is 0.727. The topological polar surface area (TPSA) is 118 Å². The Morgan fingerprint density at radius 1 is 1.04 bits per heavy atom. The molecule has 144 valence electrons. The first-order valence-corrected chi connectivity index (χ1v) is 10.4. The van der Waals surface area contributed by atoms with E-state index in [0.717, 1.165) is 16.9 Å². The fourth-order valence-electron chi connectivity index (χ4n) is 2.36. The van der Waals surface area contributed by atoms with Crippen LogP contribution in [-0.4, -0.2) is 30.3 Å². The minimum absolute atomic E-state index is 0.0612. The van der Waals surface area contributed by atoms with Gasteiger partial charge in [-0.15, -0.1) is 10.2 Å². The molecule has 3 aromatic rings. The summed E-state index contributed by atoms with van der Waals surface area (Å²) < 4.78 is 27.1. The second-order valence-electron chi connectivity index (χ2n) is 5.88. The summed E-state index contributed by atoms with van der Waals surface area (Å²) in [6, 6.07) is 13.1. The number of hydrogen-bond acceptors (Lipinski definition) is 7. The molecule has 0 radical (unpaired) electrons. The lowest BCUT2D eigenvalue weighted by atomic mass is 10.1. The maximum absolute atomic E-state index is 12.5. The van der Waals surface area contributed by atoms with Gasteiger partial charge in [0, 0.05) is 16.8 Å². The number of Topliss-reactive ketones (excluding diaryl/α,β-unsaturated/α-hetero) is 1. The zero-order valence-electron chi connectivity index (χ0n) is 15.0. The molecule has 0 spiro atoms. The first-order chi connectivity index (χ1) is 13.3. The Bertz CT molecular complexity index is 1160. The summed E-state index contributed by atoms with van der Waals surface area (Å²) in [5, 5.41) is 9.99. The van der Waals surface area contributed by atoms with E-state index in [0.29, 0.717) is 11.1 Å². The average Bonchev–Trinajstić information content (AvgIpc) is 3.11. The smallest absolute Gasteiger partial charge is 0.291 e. The Morgan fingerprint density at radius 2 is 1.79 bits per heavy atom. The summed E-state index contributed by atoms with van der Waals surface area (Å²) in [7, 11) is -4.01. The van der Waals surface area contributed by atoms with Gasteiger partial charge in [-0.1, -0.05) is 41.7 Å². The molecule has 0 unspecified atom stereocenters. The summed E-state index contributed by atoms with van der Waals surface area (Å²) in [6.07, 6.45) is 0. The molecule has 0 aliphatic rings. The number of rotatable bonds is 6. The van der Waals surface area contributed by atoms with Crippen molar-refractivity contribution in [1.82, 2.24) is 10.2 Å². The van der Waals surface area contributed by atoms with Gasteiger partial charge in [-0.3, -0.25) is 19.6 Å². The van der Waals surface area contributed by atoms with Crippen LogP contribution in [0.4, 0.5) is 10.8 Å². The van der Waals surface area contributed by atoms with Crippen LogP contribution in [0.25, 0.3) is 0 Å². The van der Waals surface area contributed by atoms with Crippen LogP contribution in [0.15, 0.2) is 52.9 Å². The number of hydrogen-bond donors (Lipinski definition) is 2. The monoisotopic (exact) mass is 416 g/mol. The van der Waals surface area contributed by atoms with E-state index in [1.807, 2.05) is 6.07 Å². The van der Waals surface area contributed by atoms with Crippen molar-refractivity contribution in [2.75, 3.05) is 10.0 Å². The van der Waals surface area contributed by atoms with Gasteiger partial charge in [0.1, 0.15) is 0 Å². The summed E-state index contributed by atoms with van der Waals surface area (Å²) in [6.45, 7) is 3.19. The normalized spacial score (nSPS) is 11.1. The van der Waals surface area contributed by atoms with Crippen LogP contribution in [0.2, 0.25) is 0 Å². The van der Waals surface area contributed by atoms with Crippen molar-refractivity contribution in [3.8, 4) is 0 Å². The molecule has 28 heavy (non-hydrogen) atoms. The molecule has 0 fully saturated rings. The van der Waals surface area contributed by atoms with E-state index in [9.17, 15) is 18.0 Å².